The van der Waals surface area contributed by atoms with Crippen molar-refractivity contribution in [2.75, 3.05) is 13.6 Å². The Kier molecular flexibility index (Phi) is 13.9. The highest BCUT2D eigenvalue weighted by Gasteiger charge is 2.34. The molecule has 0 spiro atoms. The topological polar surface area (TPSA) is 141 Å². The van der Waals surface area contributed by atoms with Gasteiger partial charge in [-0.2, -0.15) is 0 Å². The number of ether oxygens (including phenoxy) is 2. The Balaban J connectivity index is 1.27. The van der Waals surface area contributed by atoms with Crippen LogP contribution in [0.1, 0.15) is 85.3 Å². The third-order valence-corrected chi connectivity index (χ3v) is 9.57. The number of benzene rings is 4. The molecule has 2 amide bonds. The van der Waals surface area contributed by atoms with Crippen molar-refractivity contribution in [1.29, 1.82) is 0 Å². The number of likely N-dealkylation sites (N-methyl/N-ethyl adjacent to an activating group) is 1. The maximum Gasteiger partial charge on any atom is 0.243 e. The first-order valence-corrected chi connectivity index (χ1v) is 17.6. The minimum atomic E-state index is -0.649. The molecule has 5 N–H and O–H groups in total. The van der Waals surface area contributed by atoms with Gasteiger partial charge >= 0.3 is 0 Å². The first kappa shape index (κ1) is 37.8. The Bertz CT molecular complexity index is 1680. The van der Waals surface area contributed by atoms with E-state index in [0.717, 1.165) is 38.9 Å². The summed E-state index contributed by atoms with van der Waals surface area (Å²) in [6.45, 7) is 2.95. The lowest BCUT2D eigenvalue weighted by Crippen LogP contribution is -2.43. The summed E-state index contributed by atoms with van der Waals surface area (Å²) in [6, 6.07) is 33.4. The van der Waals surface area contributed by atoms with Crippen LogP contribution in [0.25, 0.3) is 11.1 Å². The summed E-state index contributed by atoms with van der Waals surface area (Å²) >= 11 is 0. The zero-order chi connectivity index (χ0) is 36.2. The molecule has 10 nitrogen and oxygen atoms in total. The highest BCUT2D eigenvalue weighted by Crippen LogP contribution is 2.39. The smallest absolute Gasteiger partial charge is 0.243 e. The zero-order valence-corrected chi connectivity index (χ0v) is 29.3. The van der Waals surface area contributed by atoms with Crippen LogP contribution in [0.2, 0.25) is 0 Å². The number of carbonyl (C=O) groups is 2. The Morgan fingerprint density at radius 1 is 0.843 bits per heavy atom. The van der Waals surface area contributed by atoms with Crippen molar-refractivity contribution in [3.63, 3.8) is 0 Å². The van der Waals surface area contributed by atoms with Crippen molar-refractivity contribution in [3.05, 3.63) is 131 Å². The Labute approximate surface area is 300 Å². The number of hydroxylamine groups is 1. The molecule has 1 aliphatic rings. The number of aliphatic hydroxyl groups excluding tert-OH is 2. The maximum atomic E-state index is 12.5. The summed E-state index contributed by atoms with van der Waals surface area (Å²) in [5.41, 5.74) is 8.17. The Morgan fingerprint density at radius 2 is 1.49 bits per heavy atom. The maximum absolute atomic E-state index is 12.5. The second-order valence-electron chi connectivity index (χ2n) is 13.2. The molecule has 0 unspecified atom stereocenters. The van der Waals surface area contributed by atoms with Crippen molar-refractivity contribution >= 4 is 11.8 Å². The SMILES string of the molecule is C[C@@H]([C@H](O)c1ccccc1)N(C)C[C@@H]1C[C@H](c2ccc(CO)cc2)O[C@H](c2ccc(-c3ccccc3CNC(=O)CCCCC(=O)NO)cc2)O1. The van der Waals surface area contributed by atoms with Gasteiger partial charge in [0, 0.05) is 44.0 Å². The summed E-state index contributed by atoms with van der Waals surface area (Å²) in [6.07, 6.45) is 0.475. The van der Waals surface area contributed by atoms with Crippen LogP contribution in [0.5, 0.6) is 0 Å². The van der Waals surface area contributed by atoms with E-state index in [1.807, 2.05) is 117 Å². The molecule has 0 aliphatic carbocycles. The predicted molar refractivity (Wildman–Crippen MR) is 194 cm³/mol. The number of nitrogens with zero attached hydrogens (tertiary/aromatic N) is 1. The largest absolute Gasteiger partial charge is 0.392 e. The molecule has 5 rings (SSSR count). The van der Waals surface area contributed by atoms with Crippen LogP contribution >= 0.6 is 0 Å². The summed E-state index contributed by atoms with van der Waals surface area (Å²) in [7, 11) is 2.00. The second-order valence-corrected chi connectivity index (χ2v) is 13.2. The zero-order valence-electron chi connectivity index (χ0n) is 29.3. The number of nitrogens with one attached hydrogen (secondary N) is 2. The Morgan fingerprint density at radius 3 is 2.18 bits per heavy atom. The lowest BCUT2D eigenvalue weighted by atomic mass is 9.97. The second kappa shape index (κ2) is 18.7. The molecule has 0 aromatic heterocycles. The molecule has 10 heteroatoms. The number of aliphatic hydroxyl groups is 2. The van der Waals surface area contributed by atoms with Gasteiger partial charge < -0.3 is 25.0 Å². The molecule has 4 aromatic rings. The third-order valence-electron chi connectivity index (χ3n) is 9.57. The van der Waals surface area contributed by atoms with Gasteiger partial charge in [-0.05, 0) is 60.2 Å². The highest BCUT2D eigenvalue weighted by molar-refractivity contribution is 5.77. The summed E-state index contributed by atoms with van der Waals surface area (Å²) in [5, 5.41) is 32.3. The minimum absolute atomic E-state index is 0.0260. The molecule has 1 saturated heterocycles. The fourth-order valence-electron chi connectivity index (χ4n) is 6.38. The van der Waals surface area contributed by atoms with Gasteiger partial charge in [0.2, 0.25) is 11.8 Å². The molecule has 1 aliphatic heterocycles. The Hall–Kier alpha value is -4.42. The summed E-state index contributed by atoms with van der Waals surface area (Å²) in [4.78, 5) is 25.8. The van der Waals surface area contributed by atoms with Crippen LogP contribution in [0, 0.1) is 0 Å². The summed E-state index contributed by atoms with van der Waals surface area (Å²) in [5.74, 6) is -0.552. The van der Waals surface area contributed by atoms with E-state index < -0.39 is 18.3 Å². The monoisotopic (exact) mass is 695 g/mol. The van der Waals surface area contributed by atoms with Crippen molar-refractivity contribution in [2.45, 2.75) is 82.8 Å². The van der Waals surface area contributed by atoms with Crippen LogP contribution in [0.3, 0.4) is 0 Å². The van der Waals surface area contributed by atoms with Gasteiger partial charge in [0.05, 0.1) is 24.9 Å². The molecule has 4 aromatic carbocycles. The molecule has 0 bridgehead atoms. The lowest BCUT2D eigenvalue weighted by Gasteiger charge is -2.39. The molecular weight excluding hydrogens is 646 g/mol. The van der Waals surface area contributed by atoms with E-state index in [4.69, 9.17) is 14.7 Å². The van der Waals surface area contributed by atoms with Gasteiger partial charge in [0.15, 0.2) is 6.29 Å². The van der Waals surface area contributed by atoms with Gasteiger partial charge in [-0.15, -0.1) is 0 Å². The average Bonchev–Trinajstić information content (AvgIpc) is 3.18. The number of unbranched alkanes of at least 4 members (excludes halogenated alkanes) is 1. The van der Waals surface area contributed by atoms with E-state index in [0.29, 0.717) is 38.8 Å². The number of hydrogen-bond donors (Lipinski definition) is 5. The van der Waals surface area contributed by atoms with Gasteiger partial charge in [-0.1, -0.05) is 103 Å². The van der Waals surface area contributed by atoms with Crippen LogP contribution < -0.4 is 10.8 Å². The molecule has 51 heavy (non-hydrogen) atoms. The fraction of sp³-hybridized carbons (Fsp3) is 0.366. The van der Waals surface area contributed by atoms with E-state index in [9.17, 15) is 19.8 Å². The van der Waals surface area contributed by atoms with Gasteiger partial charge in [0.25, 0.3) is 0 Å². The molecule has 270 valence electrons. The van der Waals surface area contributed by atoms with Gasteiger partial charge in [0.1, 0.15) is 0 Å². The van der Waals surface area contributed by atoms with Crippen LogP contribution in [0.15, 0.2) is 103 Å². The number of amides is 2. The number of carbonyl (C=O) groups excluding carboxylic acids is 2. The first-order valence-electron chi connectivity index (χ1n) is 17.6. The van der Waals surface area contributed by atoms with Gasteiger partial charge in [-0.3, -0.25) is 19.7 Å². The molecule has 5 atom stereocenters. The van der Waals surface area contributed by atoms with E-state index in [1.54, 1.807) is 5.48 Å². The fourth-order valence-corrected chi connectivity index (χ4v) is 6.38. The minimum Gasteiger partial charge on any atom is -0.392 e. The van der Waals surface area contributed by atoms with Crippen LogP contribution in [0.4, 0.5) is 0 Å². The molecular formula is C41H49N3O7. The quantitative estimate of drug-likeness (QED) is 0.0536. The van der Waals surface area contributed by atoms with Crippen LogP contribution in [-0.4, -0.2) is 57.9 Å². The first-order chi connectivity index (χ1) is 24.7. The highest BCUT2D eigenvalue weighted by atomic mass is 16.7. The van der Waals surface area contributed by atoms with Crippen molar-refractivity contribution in [2.24, 2.45) is 0 Å². The molecule has 0 radical (unpaired) electrons. The molecule has 1 fully saturated rings. The van der Waals surface area contributed by atoms with Crippen molar-refractivity contribution < 1.29 is 34.5 Å². The van der Waals surface area contributed by atoms with E-state index >= 15 is 0 Å². The van der Waals surface area contributed by atoms with Crippen molar-refractivity contribution in [1.82, 2.24) is 15.7 Å². The van der Waals surface area contributed by atoms with Crippen LogP contribution in [-0.2, 0) is 32.2 Å². The summed E-state index contributed by atoms with van der Waals surface area (Å²) < 4.78 is 13.2. The molecule has 1 heterocycles. The molecule has 0 saturated carbocycles. The number of hydrogen-bond acceptors (Lipinski definition) is 8. The predicted octanol–water partition coefficient (Wildman–Crippen LogP) is 6.13. The van der Waals surface area contributed by atoms with Crippen molar-refractivity contribution in [3.8, 4) is 11.1 Å². The van der Waals surface area contributed by atoms with Gasteiger partial charge in [-0.25, -0.2) is 5.48 Å². The van der Waals surface area contributed by atoms with E-state index in [1.165, 1.54) is 0 Å². The van der Waals surface area contributed by atoms with E-state index in [-0.39, 0.29) is 37.2 Å². The standard InChI is InChI=1S/C41H49N3O7/c1-28(40(48)32-10-4-3-5-11-32)44(2)26-35-24-37(31-18-16-29(27-45)17-19-31)51-41(50-35)33-22-20-30(21-23-33)36-13-7-6-12-34(36)25-42-38(46)14-8-9-15-39(47)43-49/h3-7,10-13,16-23,28,35,37,40-41,45,48-49H,8-9,14-15,24-27H2,1-2H3,(H,42,46)(H,43,47)/t28-,35-,37+,40-,41+/m0/s1. The third kappa shape index (κ3) is 10.6. The number of rotatable bonds is 16. The normalized spacial score (nSPS) is 18.6. The average molecular weight is 696 g/mol. The lowest BCUT2D eigenvalue weighted by molar-refractivity contribution is -0.253. The van der Waals surface area contributed by atoms with E-state index in [2.05, 4.69) is 10.2 Å².